The van der Waals surface area contributed by atoms with E-state index >= 15 is 0 Å². The number of ketones is 2. The van der Waals surface area contributed by atoms with Gasteiger partial charge in [0.15, 0.2) is 11.6 Å². The minimum absolute atomic E-state index is 0.0671. The highest BCUT2D eigenvalue weighted by molar-refractivity contribution is 6.10. The molecular formula is C30H22N2O2. The van der Waals surface area contributed by atoms with Gasteiger partial charge in [0, 0.05) is 59.6 Å². The molecule has 0 saturated heterocycles. The average molecular weight is 443 g/mol. The third-order valence-electron chi connectivity index (χ3n) is 8.40. The van der Waals surface area contributed by atoms with E-state index in [0.29, 0.717) is 6.42 Å². The minimum Gasteiger partial charge on any atom is -0.294 e. The monoisotopic (exact) mass is 442 g/mol. The van der Waals surface area contributed by atoms with Gasteiger partial charge in [-0.25, -0.2) is 0 Å². The molecule has 4 aromatic rings. The van der Waals surface area contributed by atoms with Gasteiger partial charge in [-0.1, -0.05) is 48.5 Å². The topological polar surface area (TPSA) is 59.9 Å². The van der Waals surface area contributed by atoms with Gasteiger partial charge in [0.2, 0.25) is 0 Å². The number of rotatable bonds is 2. The molecule has 4 nitrogen and oxygen atoms in total. The lowest BCUT2D eigenvalue weighted by Crippen LogP contribution is -2.38. The van der Waals surface area contributed by atoms with Gasteiger partial charge in [0.1, 0.15) is 0 Å². The molecule has 2 heterocycles. The molecule has 7 rings (SSSR count). The first-order chi connectivity index (χ1) is 16.7. The Morgan fingerprint density at radius 3 is 1.85 bits per heavy atom. The van der Waals surface area contributed by atoms with Crippen LogP contribution in [-0.2, 0) is 6.42 Å². The van der Waals surface area contributed by atoms with Crippen molar-refractivity contribution in [1.82, 2.24) is 9.97 Å². The van der Waals surface area contributed by atoms with Crippen LogP contribution in [0.2, 0.25) is 0 Å². The zero-order valence-electron chi connectivity index (χ0n) is 18.5. The van der Waals surface area contributed by atoms with Crippen LogP contribution in [0.5, 0.6) is 0 Å². The summed E-state index contributed by atoms with van der Waals surface area (Å²) in [5.74, 6) is -0.420. The molecule has 4 heteroatoms. The van der Waals surface area contributed by atoms with E-state index < -0.39 is 5.41 Å². The predicted molar refractivity (Wildman–Crippen MR) is 128 cm³/mol. The molecule has 0 radical (unpaired) electrons. The minimum atomic E-state index is -0.745. The second kappa shape index (κ2) is 7.04. The van der Waals surface area contributed by atoms with E-state index in [0.717, 1.165) is 33.4 Å². The van der Waals surface area contributed by atoms with Gasteiger partial charge in [0.05, 0.1) is 5.41 Å². The van der Waals surface area contributed by atoms with E-state index in [4.69, 9.17) is 0 Å². The van der Waals surface area contributed by atoms with E-state index in [1.807, 2.05) is 60.7 Å². The van der Waals surface area contributed by atoms with Gasteiger partial charge in [-0.2, -0.15) is 0 Å². The number of aromatic nitrogens is 2. The molecule has 0 aliphatic heterocycles. The van der Waals surface area contributed by atoms with Crippen LogP contribution in [0.4, 0.5) is 0 Å². The van der Waals surface area contributed by atoms with Crippen molar-refractivity contribution in [2.24, 2.45) is 11.3 Å². The molecule has 34 heavy (non-hydrogen) atoms. The van der Waals surface area contributed by atoms with Gasteiger partial charge < -0.3 is 0 Å². The van der Waals surface area contributed by atoms with Crippen molar-refractivity contribution in [2.75, 3.05) is 0 Å². The molecule has 0 bridgehead atoms. The van der Waals surface area contributed by atoms with Crippen LogP contribution < -0.4 is 0 Å². The van der Waals surface area contributed by atoms with Crippen molar-refractivity contribution in [3.05, 3.63) is 131 Å². The van der Waals surface area contributed by atoms with Crippen molar-refractivity contribution < 1.29 is 9.59 Å². The molecule has 5 atom stereocenters. The van der Waals surface area contributed by atoms with Crippen molar-refractivity contribution in [2.45, 2.75) is 24.2 Å². The molecule has 0 unspecified atom stereocenters. The van der Waals surface area contributed by atoms with Crippen LogP contribution in [0, 0.1) is 11.3 Å². The van der Waals surface area contributed by atoms with Gasteiger partial charge in [-0.3, -0.25) is 19.6 Å². The number of hydrogen-bond acceptors (Lipinski definition) is 4. The van der Waals surface area contributed by atoms with Gasteiger partial charge in [-0.15, -0.1) is 0 Å². The summed E-state index contributed by atoms with van der Waals surface area (Å²) in [6, 6.07) is 24.0. The molecule has 164 valence electrons. The Bertz CT molecular complexity index is 1450. The number of Topliss-reactive ketones (excluding diaryl/α,β-unsaturated/α-hetero) is 2. The van der Waals surface area contributed by atoms with Gasteiger partial charge in [-0.05, 0) is 52.9 Å². The molecule has 1 spiro atoms. The van der Waals surface area contributed by atoms with E-state index in [9.17, 15) is 9.59 Å². The van der Waals surface area contributed by atoms with Crippen molar-refractivity contribution in [3.63, 3.8) is 0 Å². The number of hydrogen-bond donors (Lipinski definition) is 0. The first kappa shape index (κ1) is 19.5. The van der Waals surface area contributed by atoms with E-state index in [1.54, 1.807) is 24.8 Å². The zero-order valence-corrected chi connectivity index (χ0v) is 18.5. The highest BCUT2D eigenvalue weighted by atomic mass is 16.1. The summed E-state index contributed by atoms with van der Waals surface area (Å²) in [6.45, 7) is 0. The average Bonchev–Trinajstić information content (AvgIpc) is 3.46. The van der Waals surface area contributed by atoms with Crippen LogP contribution in [0.15, 0.2) is 97.6 Å². The van der Waals surface area contributed by atoms with Crippen LogP contribution in [-0.4, -0.2) is 21.5 Å². The highest BCUT2D eigenvalue weighted by Crippen LogP contribution is 2.72. The molecule has 3 aliphatic rings. The lowest BCUT2D eigenvalue weighted by molar-refractivity contribution is 0.0745. The van der Waals surface area contributed by atoms with E-state index in [2.05, 4.69) is 22.1 Å². The van der Waals surface area contributed by atoms with Crippen LogP contribution in [0.3, 0.4) is 0 Å². The number of fused-ring (bicyclic) bond motifs is 4. The summed E-state index contributed by atoms with van der Waals surface area (Å²) in [7, 11) is 0. The summed E-state index contributed by atoms with van der Waals surface area (Å²) in [5.41, 5.74) is 5.08. The molecule has 3 aliphatic carbocycles. The van der Waals surface area contributed by atoms with Crippen molar-refractivity contribution in [3.8, 4) is 0 Å². The highest BCUT2D eigenvalue weighted by Gasteiger charge is 2.70. The fourth-order valence-electron chi connectivity index (χ4n) is 7.32. The third kappa shape index (κ3) is 2.38. The fourth-order valence-corrected chi connectivity index (χ4v) is 7.32. The van der Waals surface area contributed by atoms with Crippen molar-refractivity contribution in [1.29, 1.82) is 0 Å². The SMILES string of the molecule is O=C1c2ccccc2[C@@H]2[C@H]1[C@@H](c1ccncc1)[C@@]1(Cc3ccccc3C1=O)[C@H]2c1ccncc1. The Hall–Kier alpha value is -3.92. The molecule has 1 fully saturated rings. The van der Waals surface area contributed by atoms with Crippen LogP contribution in [0.25, 0.3) is 0 Å². The molecule has 0 N–H and O–H groups in total. The zero-order chi connectivity index (χ0) is 22.9. The Kier molecular flexibility index (Phi) is 4.04. The summed E-state index contributed by atoms with van der Waals surface area (Å²) in [6.07, 6.45) is 7.78. The first-order valence-corrected chi connectivity index (χ1v) is 11.8. The number of nitrogens with zero attached hydrogens (tertiary/aromatic N) is 2. The lowest BCUT2D eigenvalue weighted by atomic mass is 9.62. The smallest absolute Gasteiger partial charge is 0.170 e. The van der Waals surface area contributed by atoms with Gasteiger partial charge in [0.25, 0.3) is 0 Å². The normalized spacial score (nSPS) is 28.7. The maximum absolute atomic E-state index is 14.5. The van der Waals surface area contributed by atoms with E-state index in [1.165, 1.54) is 0 Å². The second-order valence-electron chi connectivity index (χ2n) is 9.72. The molecule has 1 saturated carbocycles. The summed E-state index contributed by atoms with van der Waals surface area (Å²) in [5, 5.41) is 0. The Labute approximate surface area is 197 Å². The third-order valence-corrected chi connectivity index (χ3v) is 8.40. The first-order valence-electron chi connectivity index (χ1n) is 11.8. The standard InChI is InChI=1S/C30H22N2O2/c33-28-23-8-4-3-7-22(23)24-25(28)27(19-11-15-32-16-12-19)30(26(24)18-9-13-31-14-10-18)17-20-5-1-2-6-21(20)29(30)34/h1-16,24-27H,17H2/t24-,25+,26+,27-,30-/m1/s1. The quantitative estimate of drug-likeness (QED) is 0.418. The summed E-state index contributed by atoms with van der Waals surface area (Å²) in [4.78, 5) is 37.0. The number of carbonyl (C=O) groups is 2. The lowest BCUT2D eigenvalue weighted by Gasteiger charge is -2.38. The van der Waals surface area contributed by atoms with Gasteiger partial charge >= 0.3 is 0 Å². The molecular weight excluding hydrogens is 420 g/mol. The maximum atomic E-state index is 14.5. The Balaban J connectivity index is 1.56. The van der Waals surface area contributed by atoms with Crippen LogP contribution >= 0.6 is 0 Å². The predicted octanol–water partition coefficient (Wildman–Crippen LogP) is 5.38. The Morgan fingerprint density at radius 1 is 0.647 bits per heavy atom. The second-order valence-corrected chi connectivity index (χ2v) is 9.72. The largest absolute Gasteiger partial charge is 0.294 e. The Morgan fingerprint density at radius 2 is 1.21 bits per heavy atom. The molecule has 2 aromatic heterocycles. The molecule has 0 amide bonds. The maximum Gasteiger partial charge on any atom is 0.170 e. The fraction of sp³-hybridized carbons (Fsp3) is 0.200. The summed E-state index contributed by atoms with van der Waals surface area (Å²) >= 11 is 0. The number of benzene rings is 2. The number of carbonyl (C=O) groups excluding carboxylic acids is 2. The molecule has 2 aromatic carbocycles. The summed E-state index contributed by atoms with van der Waals surface area (Å²) < 4.78 is 0. The van der Waals surface area contributed by atoms with E-state index in [-0.39, 0.29) is 35.2 Å². The van der Waals surface area contributed by atoms with Crippen molar-refractivity contribution >= 4 is 11.6 Å². The van der Waals surface area contributed by atoms with Crippen LogP contribution in [0.1, 0.15) is 60.7 Å². The number of pyridine rings is 2.